The minimum absolute atomic E-state index is 0.144. The lowest BCUT2D eigenvalue weighted by atomic mass is 10.3. The fourth-order valence-corrected chi connectivity index (χ4v) is 0.836. The number of rotatable bonds is 5. The van der Waals surface area contributed by atoms with Crippen molar-refractivity contribution in [1.82, 2.24) is 10.3 Å². The SMILES string of the molecule is O=CNCc1ccc(OC(F)F)nc1. The second-order valence-electron chi connectivity index (χ2n) is 2.38. The van der Waals surface area contributed by atoms with Gasteiger partial charge in [0.2, 0.25) is 12.3 Å². The first kappa shape index (κ1) is 10.4. The molecule has 0 atom stereocenters. The molecule has 1 amide bonds. The van der Waals surface area contributed by atoms with E-state index in [4.69, 9.17) is 0 Å². The summed E-state index contributed by atoms with van der Waals surface area (Å²) in [5, 5.41) is 2.42. The molecule has 1 heterocycles. The molecule has 1 N–H and O–H groups in total. The molecule has 14 heavy (non-hydrogen) atoms. The second kappa shape index (κ2) is 5.11. The van der Waals surface area contributed by atoms with Gasteiger partial charge in [-0.1, -0.05) is 6.07 Å². The topological polar surface area (TPSA) is 51.2 Å². The number of hydrogen-bond acceptors (Lipinski definition) is 3. The van der Waals surface area contributed by atoms with Crippen molar-refractivity contribution in [2.45, 2.75) is 13.2 Å². The molecule has 0 saturated carbocycles. The molecule has 0 radical (unpaired) electrons. The zero-order valence-electron chi connectivity index (χ0n) is 7.11. The number of pyridine rings is 1. The molecular weight excluding hydrogens is 194 g/mol. The van der Waals surface area contributed by atoms with Crippen LogP contribution in [-0.2, 0) is 11.3 Å². The van der Waals surface area contributed by atoms with Crippen molar-refractivity contribution in [1.29, 1.82) is 0 Å². The van der Waals surface area contributed by atoms with Gasteiger partial charge in [-0.15, -0.1) is 0 Å². The maximum atomic E-state index is 11.7. The Labute approximate surface area is 78.9 Å². The van der Waals surface area contributed by atoms with E-state index in [2.05, 4.69) is 15.0 Å². The molecule has 0 saturated heterocycles. The van der Waals surface area contributed by atoms with Crippen molar-refractivity contribution in [2.24, 2.45) is 0 Å². The Morgan fingerprint density at radius 1 is 1.57 bits per heavy atom. The van der Waals surface area contributed by atoms with Crippen LogP contribution >= 0.6 is 0 Å². The largest absolute Gasteiger partial charge is 0.417 e. The third kappa shape index (κ3) is 3.34. The molecule has 0 aliphatic rings. The van der Waals surface area contributed by atoms with Crippen LogP contribution in [0.5, 0.6) is 5.88 Å². The van der Waals surface area contributed by atoms with Crippen LogP contribution in [0.15, 0.2) is 18.3 Å². The molecule has 1 aromatic heterocycles. The van der Waals surface area contributed by atoms with Gasteiger partial charge in [-0.2, -0.15) is 8.78 Å². The fourth-order valence-electron chi connectivity index (χ4n) is 0.836. The van der Waals surface area contributed by atoms with Gasteiger partial charge in [0.1, 0.15) is 0 Å². The highest BCUT2D eigenvalue weighted by Crippen LogP contribution is 2.10. The highest BCUT2D eigenvalue weighted by Gasteiger charge is 2.04. The molecule has 0 aliphatic heterocycles. The summed E-state index contributed by atoms with van der Waals surface area (Å²) in [7, 11) is 0. The second-order valence-corrected chi connectivity index (χ2v) is 2.38. The lowest BCUT2D eigenvalue weighted by molar-refractivity contribution is -0.109. The van der Waals surface area contributed by atoms with E-state index in [1.807, 2.05) is 0 Å². The van der Waals surface area contributed by atoms with Crippen molar-refractivity contribution in [3.05, 3.63) is 23.9 Å². The number of carbonyl (C=O) groups is 1. The summed E-state index contributed by atoms with van der Waals surface area (Å²) >= 11 is 0. The monoisotopic (exact) mass is 202 g/mol. The number of halogens is 2. The normalized spacial score (nSPS) is 9.93. The number of ether oxygens (including phenoxy) is 1. The lowest BCUT2D eigenvalue weighted by Crippen LogP contribution is -2.10. The van der Waals surface area contributed by atoms with Crippen LogP contribution in [-0.4, -0.2) is 18.0 Å². The van der Waals surface area contributed by atoms with Gasteiger partial charge < -0.3 is 10.1 Å². The van der Waals surface area contributed by atoms with Crippen molar-refractivity contribution >= 4 is 6.41 Å². The Balaban J connectivity index is 2.54. The average molecular weight is 202 g/mol. The van der Waals surface area contributed by atoms with Crippen molar-refractivity contribution in [3.63, 3.8) is 0 Å². The van der Waals surface area contributed by atoms with Gasteiger partial charge in [0, 0.05) is 18.8 Å². The predicted octanol–water partition coefficient (Wildman–Crippen LogP) is 0.929. The van der Waals surface area contributed by atoms with E-state index >= 15 is 0 Å². The van der Waals surface area contributed by atoms with Crippen LogP contribution in [0.2, 0.25) is 0 Å². The predicted molar refractivity (Wildman–Crippen MR) is 43.8 cm³/mol. The van der Waals surface area contributed by atoms with Gasteiger partial charge in [0.05, 0.1) is 0 Å². The highest BCUT2D eigenvalue weighted by atomic mass is 19.3. The summed E-state index contributed by atoms with van der Waals surface area (Å²) in [5.41, 5.74) is 0.707. The molecule has 1 rings (SSSR count). The Morgan fingerprint density at radius 2 is 2.36 bits per heavy atom. The molecule has 0 bridgehead atoms. The Morgan fingerprint density at radius 3 is 2.86 bits per heavy atom. The molecule has 0 aliphatic carbocycles. The molecule has 0 unspecified atom stereocenters. The standard InChI is InChI=1S/C8H8F2N2O2/c9-8(10)14-7-2-1-6(4-12-7)3-11-5-13/h1-2,4-5,8H,3H2,(H,11,13). The first-order chi connectivity index (χ1) is 6.72. The summed E-state index contributed by atoms with van der Waals surface area (Å²) in [4.78, 5) is 13.5. The van der Waals surface area contributed by atoms with Crippen molar-refractivity contribution in [2.75, 3.05) is 0 Å². The number of alkyl halides is 2. The average Bonchev–Trinajstić information content (AvgIpc) is 2.16. The fraction of sp³-hybridized carbons (Fsp3) is 0.250. The number of nitrogens with zero attached hydrogens (tertiary/aromatic N) is 1. The van der Waals surface area contributed by atoms with E-state index < -0.39 is 6.61 Å². The number of hydrogen-bond donors (Lipinski definition) is 1. The van der Waals surface area contributed by atoms with Gasteiger partial charge in [0.25, 0.3) is 0 Å². The van der Waals surface area contributed by atoms with Gasteiger partial charge in [-0.25, -0.2) is 4.98 Å². The minimum Gasteiger partial charge on any atom is -0.417 e. The first-order valence-electron chi connectivity index (χ1n) is 3.79. The van der Waals surface area contributed by atoms with Crippen LogP contribution in [0.3, 0.4) is 0 Å². The first-order valence-corrected chi connectivity index (χ1v) is 3.79. The Bertz CT molecular complexity index is 290. The quantitative estimate of drug-likeness (QED) is 0.722. The van der Waals surface area contributed by atoms with E-state index in [9.17, 15) is 13.6 Å². The molecular formula is C8H8F2N2O2. The van der Waals surface area contributed by atoms with Crippen molar-refractivity contribution in [3.8, 4) is 5.88 Å². The van der Waals surface area contributed by atoms with E-state index in [1.54, 1.807) is 6.07 Å². The van der Waals surface area contributed by atoms with Gasteiger partial charge in [-0.3, -0.25) is 4.79 Å². The van der Waals surface area contributed by atoms with E-state index in [1.165, 1.54) is 12.3 Å². The number of carbonyl (C=O) groups excluding carboxylic acids is 1. The highest BCUT2D eigenvalue weighted by molar-refractivity contribution is 5.46. The van der Waals surface area contributed by atoms with Gasteiger partial charge in [0.15, 0.2) is 0 Å². The van der Waals surface area contributed by atoms with Crippen molar-refractivity contribution < 1.29 is 18.3 Å². The minimum atomic E-state index is -2.87. The Hall–Kier alpha value is -1.72. The van der Waals surface area contributed by atoms with E-state index in [0.717, 1.165) is 0 Å². The van der Waals surface area contributed by atoms with Gasteiger partial charge in [-0.05, 0) is 5.56 Å². The lowest BCUT2D eigenvalue weighted by Gasteiger charge is -2.03. The summed E-state index contributed by atoms with van der Waals surface area (Å²) in [6.07, 6.45) is 1.90. The van der Waals surface area contributed by atoms with Crippen LogP contribution in [0.4, 0.5) is 8.78 Å². The molecule has 6 heteroatoms. The smallest absolute Gasteiger partial charge is 0.388 e. The molecule has 0 aromatic carbocycles. The number of amides is 1. The number of aromatic nitrogens is 1. The molecule has 1 aromatic rings. The maximum absolute atomic E-state index is 11.7. The molecule has 0 spiro atoms. The van der Waals surface area contributed by atoms with E-state index in [-0.39, 0.29) is 5.88 Å². The number of nitrogens with one attached hydrogen (secondary N) is 1. The summed E-state index contributed by atoms with van der Waals surface area (Å²) < 4.78 is 27.4. The van der Waals surface area contributed by atoms with E-state index in [0.29, 0.717) is 18.5 Å². The van der Waals surface area contributed by atoms with Crippen LogP contribution in [0.25, 0.3) is 0 Å². The van der Waals surface area contributed by atoms with Crippen LogP contribution in [0.1, 0.15) is 5.56 Å². The third-order valence-electron chi connectivity index (χ3n) is 1.40. The third-order valence-corrected chi connectivity index (χ3v) is 1.40. The maximum Gasteiger partial charge on any atom is 0.388 e. The molecule has 0 fully saturated rings. The molecule has 4 nitrogen and oxygen atoms in total. The molecule has 76 valence electrons. The van der Waals surface area contributed by atoms with Crippen LogP contribution in [0, 0.1) is 0 Å². The summed E-state index contributed by atoms with van der Waals surface area (Å²) in [5.74, 6) is -0.144. The zero-order valence-corrected chi connectivity index (χ0v) is 7.11. The Kier molecular flexibility index (Phi) is 3.78. The van der Waals surface area contributed by atoms with Crippen LogP contribution < -0.4 is 10.1 Å². The summed E-state index contributed by atoms with van der Waals surface area (Å²) in [6.45, 7) is -2.56. The van der Waals surface area contributed by atoms with Gasteiger partial charge >= 0.3 is 6.61 Å². The zero-order chi connectivity index (χ0) is 10.4. The summed E-state index contributed by atoms with van der Waals surface area (Å²) in [6, 6.07) is 2.86.